The molecule has 1 aliphatic rings. The summed E-state index contributed by atoms with van der Waals surface area (Å²) in [5.74, 6) is -1.40. The number of nitrogens with zero attached hydrogens (tertiary/aromatic N) is 1. The summed E-state index contributed by atoms with van der Waals surface area (Å²) in [6.45, 7) is 0.644. The maximum atomic E-state index is 11.5. The first-order chi connectivity index (χ1) is 7.66. The van der Waals surface area contributed by atoms with Crippen LogP contribution in [0.2, 0.25) is 0 Å². The fourth-order valence-electron chi connectivity index (χ4n) is 2.23. The first-order valence-corrected chi connectivity index (χ1v) is 5.06. The van der Waals surface area contributed by atoms with Crippen LogP contribution >= 0.6 is 0 Å². The van der Waals surface area contributed by atoms with Gasteiger partial charge in [-0.3, -0.25) is 4.57 Å². The van der Waals surface area contributed by atoms with Crippen molar-refractivity contribution in [3.63, 3.8) is 0 Å². The molecule has 5 nitrogen and oxygen atoms in total. The van der Waals surface area contributed by atoms with Gasteiger partial charge in [0.1, 0.15) is 0 Å². The van der Waals surface area contributed by atoms with E-state index < -0.39 is 11.7 Å². The fraction of sp³-hybridized carbons (Fsp3) is 0.273. The molecular weight excluding hydrogens is 210 g/mol. The van der Waals surface area contributed by atoms with Crippen molar-refractivity contribution in [3.05, 3.63) is 33.8 Å². The molecule has 0 bridgehead atoms. The highest BCUT2D eigenvalue weighted by atomic mass is 16.4. The zero-order chi connectivity index (χ0) is 11.3. The molecule has 0 saturated heterocycles. The monoisotopic (exact) mass is 219 g/mol. The van der Waals surface area contributed by atoms with Gasteiger partial charge in [0.15, 0.2) is 5.58 Å². The van der Waals surface area contributed by atoms with Gasteiger partial charge >= 0.3 is 11.7 Å². The van der Waals surface area contributed by atoms with E-state index in [0.29, 0.717) is 12.1 Å². The third-order valence-electron chi connectivity index (χ3n) is 2.92. The Morgan fingerprint density at radius 3 is 3.00 bits per heavy atom. The second-order valence-electron chi connectivity index (χ2n) is 3.91. The number of carboxylic acids is 1. The molecule has 0 spiro atoms. The van der Waals surface area contributed by atoms with Crippen LogP contribution in [0.5, 0.6) is 0 Å². The van der Waals surface area contributed by atoms with Crippen LogP contribution in [0.4, 0.5) is 0 Å². The van der Waals surface area contributed by atoms with E-state index in [1.165, 1.54) is 6.07 Å². The highest BCUT2D eigenvalue weighted by Gasteiger charge is 2.19. The largest absolute Gasteiger partial charge is 0.478 e. The van der Waals surface area contributed by atoms with Crippen molar-refractivity contribution in [2.45, 2.75) is 19.4 Å². The summed E-state index contributed by atoms with van der Waals surface area (Å²) in [7, 11) is 0. The normalized spacial score (nSPS) is 14.2. The molecule has 0 atom stereocenters. The topological polar surface area (TPSA) is 72.4 Å². The summed E-state index contributed by atoms with van der Waals surface area (Å²) in [5, 5.41) is 8.93. The number of carbonyl (C=O) groups is 1. The minimum atomic E-state index is -1.00. The molecular formula is C11H9NO4. The molecule has 2 heterocycles. The molecule has 1 aromatic heterocycles. The Hall–Kier alpha value is -2.04. The molecule has 5 heteroatoms. The first-order valence-electron chi connectivity index (χ1n) is 5.06. The Balaban J connectivity index is 2.44. The van der Waals surface area contributed by atoms with E-state index in [1.807, 2.05) is 0 Å². The predicted octanol–water partition coefficient (Wildman–Crippen LogP) is 1.24. The van der Waals surface area contributed by atoms with E-state index in [1.54, 1.807) is 10.6 Å². The van der Waals surface area contributed by atoms with Gasteiger partial charge in [0.25, 0.3) is 0 Å². The summed E-state index contributed by atoms with van der Waals surface area (Å²) in [6, 6.07) is 3.03. The lowest BCUT2D eigenvalue weighted by Crippen LogP contribution is -2.18. The summed E-state index contributed by atoms with van der Waals surface area (Å²) < 4.78 is 6.61. The number of aromatic carboxylic acids is 1. The molecule has 3 rings (SSSR count). The Morgan fingerprint density at radius 2 is 2.25 bits per heavy atom. The lowest BCUT2D eigenvalue weighted by atomic mass is 10.0. The molecule has 0 aliphatic carbocycles. The molecule has 0 saturated carbocycles. The number of aromatic nitrogens is 1. The van der Waals surface area contributed by atoms with E-state index in [-0.39, 0.29) is 5.56 Å². The number of benzene rings is 1. The van der Waals surface area contributed by atoms with E-state index in [2.05, 4.69) is 0 Å². The summed E-state index contributed by atoms with van der Waals surface area (Å²) in [4.78, 5) is 22.4. The Labute approximate surface area is 89.9 Å². The van der Waals surface area contributed by atoms with Crippen molar-refractivity contribution in [1.82, 2.24) is 4.57 Å². The minimum Gasteiger partial charge on any atom is -0.478 e. The molecule has 0 radical (unpaired) electrons. The number of oxazole rings is 1. The second-order valence-corrected chi connectivity index (χ2v) is 3.91. The minimum absolute atomic E-state index is 0.172. The Bertz CT molecular complexity index is 650. The standard InChI is InChI=1S/C11H9NO4/c13-10(14)7-4-6-2-1-3-12-9(6)8(5-7)16-11(12)15/h4-5H,1-3H2,(H,13,14). The van der Waals surface area contributed by atoms with Gasteiger partial charge in [-0.2, -0.15) is 0 Å². The average molecular weight is 219 g/mol. The maximum Gasteiger partial charge on any atom is 0.419 e. The molecule has 0 amide bonds. The van der Waals surface area contributed by atoms with Gasteiger partial charge < -0.3 is 9.52 Å². The van der Waals surface area contributed by atoms with Crippen LogP contribution in [0.1, 0.15) is 22.3 Å². The smallest absolute Gasteiger partial charge is 0.419 e. The summed E-state index contributed by atoms with van der Waals surface area (Å²) in [5.41, 5.74) is 2.18. The van der Waals surface area contributed by atoms with Crippen molar-refractivity contribution in [2.24, 2.45) is 0 Å². The highest BCUT2D eigenvalue weighted by Crippen LogP contribution is 2.25. The van der Waals surface area contributed by atoms with E-state index in [9.17, 15) is 9.59 Å². The van der Waals surface area contributed by atoms with Gasteiger partial charge in [-0.15, -0.1) is 0 Å². The zero-order valence-electron chi connectivity index (χ0n) is 8.40. The third kappa shape index (κ3) is 1.11. The first kappa shape index (κ1) is 9.21. The van der Waals surface area contributed by atoms with Crippen LogP contribution < -0.4 is 5.76 Å². The van der Waals surface area contributed by atoms with Crippen LogP contribution in [0, 0.1) is 0 Å². The van der Waals surface area contributed by atoms with Crippen molar-refractivity contribution < 1.29 is 14.3 Å². The maximum absolute atomic E-state index is 11.5. The Morgan fingerprint density at radius 1 is 1.44 bits per heavy atom. The van der Waals surface area contributed by atoms with Gasteiger partial charge in [-0.1, -0.05) is 0 Å². The van der Waals surface area contributed by atoms with Crippen molar-refractivity contribution in [1.29, 1.82) is 0 Å². The van der Waals surface area contributed by atoms with Gasteiger partial charge in [0.2, 0.25) is 0 Å². The van der Waals surface area contributed by atoms with Gasteiger partial charge in [0.05, 0.1) is 11.1 Å². The van der Waals surface area contributed by atoms with Gasteiger partial charge in [0, 0.05) is 6.54 Å². The SMILES string of the molecule is O=C(O)c1cc2c3c(c1)oc(=O)n3CCC2. The predicted molar refractivity (Wildman–Crippen MR) is 55.8 cm³/mol. The molecule has 1 aromatic carbocycles. The fourth-order valence-corrected chi connectivity index (χ4v) is 2.23. The quantitative estimate of drug-likeness (QED) is 0.783. The molecule has 0 fully saturated rings. The number of rotatable bonds is 1. The number of carboxylic acid groups (broad SMARTS) is 1. The van der Waals surface area contributed by atoms with Gasteiger partial charge in [-0.05, 0) is 30.5 Å². The highest BCUT2D eigenvalue weighted by molar-refractivity contribution is 5.93. The molecule has 16 heavy (non-hydrogen) atoms. The molecule has 0 unspecified atom stereocenters. The van der Waals surface area contributed by atoms with E-state index in [4.69, 9.17) is 9.52 Å². The molecule has 2 aromatic rings. The third-order valence-corrected chi connectivity index (χ3v) is 2.92. The second kappa shape index (κ2) is 2.98. The van der Waals surface area contributed by atoms with Crippen LogP contribution in [-0.2, 0) is 13.0 Å². The molecule has 82 valence electrons. The Kier molecular flexibility index (Phi) is 1.71. The molecule has 1 aliphatic heterocycles. The van der Waals surface area contributed by atoms with Crippen LogP contribution in [0.15, 0.2) is 21.3 Å². The lowest BCUT2D eigenvalue weighted by molar-refractivity contribution is 0.0697. The molecule has 1 N–H and O–H groups in total. The van der Waals surface area contributed by atoms with Crippen molar-refractivity contribution >= 4 is 17.1 Å². The van der Waals surface area contributed by atoms with Crippen molar-refractivity contribution in [3.8, 4) is 0 Å². The van der Waals surface area contributed by atoms with Crippen LogP contribution in [-0.4, -0.2) is 15.6 Å². The average Bonchev–Trinajstić information content (AvgIpc) is 2.58. The van der Waals surface area contributed by atoms with Gasteiger partial charge in [-0.25, -0.2) is 9.59 Å². The van der Waals surface area contributed by atoms with Crippen LogP contribution in [0.25, 0.3) is 11.1 Å². The zero-order valence-corrected chi connectivity index (χ0v) is 8.40. The number of aryl methyl sites for hydroxylation is 2. The van der Waals surface area contributed by atoms with E-state index >= 15 is 0 Å². The van der Waals surface area contributed by atoms with Crippen LogP contribution in [0.3, 0.4) is 0 Å². The number of hydrogen-bond acceptors (Lipinski definition) is 3. The van der Waals surface area contributed by atoms with E-state index in [0.717, 1.165) is 23.9 Å². The summed E-state index contributed by atoms with van der Waals surface area (Å²) >= 11 is 0. The lowest BCUT2D eigenvalue weighted by Gasteiger charge is -2.12. The summed E-state index contributed by atoms with van der Waals surface area (Å²) in [6.07, 6.45) is 1.63. The van der Waals surface area contributed by atoms with Crippen molar-refractivity contribution in [2.75, 3.05) is 0 Å². The number of hydrogen-bond donors (Lipinski definition) is 1.